The number of anilines is 1. The molecule has 1 aromatic carbocycles. The molecule has 0 N–H and O–H groups in total. The first-order valence-electron chi connectivity index (χ1n) is 6.53. The molecule has 2 heterocycles. The molecule has 0 amide bonds. The molecule has 0 bridgehead atoms. The maximum Gasteiger partial charge on any atom is 0.307 e. The van der Waals surface area contributed by atoms with Crippen molar-refractivity contribution in [2.24, 2.45) is 0 Å². The Hall–Kier alpha value is -2.37. The van der Waals surface area contributed by atoms with E-state index < -0.39 is 0 Å². The molecule has 0 spiro atoms. The van der Waals surface area contributed by atoms with E-state index in [9.17, 15) is 4.79 Å². The second-order valence-electron chi connectivity index (χ2n) is 4.74. The third kappa shape index (κ3) is 2.03. The van der Waals surface area contributed by atoms with Gasteiger partial charge in [0.2, 0.25) is 0 Å². The van der Waals surface area contributed by atoms with Crippen molar-refractivity contribution in [3.8, 4) is 5.69 Å². The monoisotopic (exact) mass is 272 g/mol. The van der Waals surface area contributed by atoms with Crippen LogP contribution in [0.25, 0.3) is 5.69 Å². The van der Waals surface area contributed by atoms with Gasteiger partial charge in [0.15, 0.2) is 5.82 Å². The van der Waals surface area contributed by atoms with Crippen LogP contribution in [-0.4, -0.2) is 34.4 Å². The fourth-order valence-corrected chi connectivity index (χ4v) is 2.53. The first-order chi connectivity index (χ1) is 9.70. The molecule has 6 heteroatoms. The van der Waals surface area contributed by atoms with E-state index in [4.69, 9.17) is 4.74 Å². The summed E-state index contributed by atoms with van der Waals surface area (Å²) in [5, 5.41) is 8.35. The Kier molecular flexibility index (Phi) is 3.14. The van der Waals surface area contributed by atoms with E-state index >= 15 is 0 Å². The lowest BCUT2D eigenvalue weighted by atomic mass is 10.2. The number of carbonyl (C=O) groups is 1. The predicted octanol–water partition coefficient (Wildman–Crippen LogP) is 1.46. The van der Waals surface area contributed by atoms with Crippen LogP contribution in [0.5, 0.6) is 0 Å². The Morgan fingerprint density at radius 1 is 1.30 bits per heavy atom. The summed E-state index contributed by atoms with van der Waals surface area (Å²) in [6, 6.07) is 8.08. The summed E-state index contributed by atoms with van der Waals surface area (Å²) in [6.45, 7) is 3.20. The highest BCUT2D eigenvalue weighted by molar-refractivity contribution is 5.71. The summed E-state index contributed by atoms with van der Waals surface area (Å²) >= 11 is 0. The van der Waals surface area contributed by atoms with Crippen LogP contribution in [0.2, 0.25) is 0 Å². The summed E-state index contributed by atoms with van der Waals surface area (Å²) in [6.07, 6.45) is 0.359. The van der Waals surface area contributed by atoms with Gasteiger partial charge in [-0.25, -0.2) is 0 Å². The Morgan fingerprint density at radius 2 is 2.05 bits per heavy atom. The number of nitrogens with zero attached hydrogens (tertiary/aromatic N) is 4. The van der Waals surface area contributed by atoms with Crippen molar-refractivity contribution >= 4 is 11.7 Å². The molecule has 1 aliphatic heterocycles. The van der Waals surface area contributed by atoms with Gasteiger partial charge in [-0.05, 0) is 19.1 Å². The Labute approximate surface area is 117 Å². The number of para-hydroxylation sites is 2. The highest BCUT2D eigenvalue weighted by Crippen LogP contribution is 2.31. The smallest absolute Gasteiger partial charge is 0.307 e. The van der Waals surface area contributed by atoms with Crippen LogP contribution >= 0.6 is 0 Å². The molecular formula is C14H16N4O2. The molecule has 104 valence electrons. The van der Waals surface area contributed by atoms with Crippen molar-refractivity contribution in [3.05, 3.63) is 35.9 Å². The van der Waals surface area contributed by atoms with Crippen molar-refractivity contribution < 1.29 is 9.53 Å². The number of esters is 1. The molecule has 0 radical (unpaired) electrons. The molecule has 0 aliphatic carbocycles. The van der Waals surface area contributed by atoms with E-state index in [1.54, 1.807) is 0 Å². The first-order valence-corrected chi connectivity index (χ1v) is 6.53. The number of rotatable bonds is 3. The number of carbonyl (C=O) groups excluding carboxylic acids is 1. The van der Waals surface area contributed by atoms with Crippen molar-refractivity contribution in [3.63, 3.8) is 0 Å². The molecule has 0 atom stereocenters. The molecule has 3 rings (SSSR count). The standard InChI is InChI=1S/C14H16N4O2/c1-10-15-16-13-9-17(8-7-14(19)20-2)11-5-3-4-6-12(11)18(10)13/h3-6H,7-9H2,1-2H3. The summed E-state index contributed by atoms with van der Waals surface area (Å²) < 4.78 is 6.76. The first kappa shape index (κ1) is 12.7. The zero-order chi connectivity index (χ0) is 14.1. The normalized spacial score (nSPS) is 12.8. The van der Waals surface area contributed by atoms with Gasteiger partial charge in [0.1, 0.15) is 5.82 Å². The molecule has 1 aliphatic rings. The second kappa shape index (κ2) is 4.96. The van der Waals surface area contributed by atoms with E-state index in [1.807, 2.05) is 25.1 Å². The van der Waals surface area contributed by atoms with Crippen LogP contribution in [0.3, 0.4) is 0 Å². The van der Waals surface area contributed by atoms with Crippen molar-refractivity contribution in [2.75, 3.05) is 18.6 Å². The highest BCUT2D eigenvalue weighted by Gasteiger charge is 2.24. The van der Waals surface area contributed by atoms with Crippen LogP contribution in [0.1, 0.15) is 18.1 Å². The van der Waals surface area contributed by atoms with Crippen LogP contribution in [0, 0.1) is 6.92 Å². The van der Waals surface area contributed by atoms with Gasteiger partial charge in [0.25, 0.3) is 0 Å². The molecule has 6 nitrogen and oxygen atoms in total. The third-order valence-corrected chi connectivity index (χ3v) is 3.50. The number of aryl methyl sites for hydroxylation is 1. The Morgan fingerprint density at radius 3 is 2.80 bits per heavy atom. The SMILES string of the molecule is COC(=O)CCN1Cc2nnc(C)n2-c2ccccc21. The zero-order valence-electron chi connectivity index (χ0n) is 11.5. The molecule has 0 saturated carbocycles. The van der Waals surface area contributed by atoms with Crippen molar-refractivity contribution in [1.29, 1.82) is 0 Å². The van der Waals surface area contributed by atoms with Crippen LogP contribution in [0.4, 0.5) is 5.69 Å². The minimum absolute atomic E-state index is 0.203. The number of methoxy groups -OCH3 is 1. The zero-order valence-corrected chi connectivity index (χ0v) is 11.5. The number of aromatic nitrogens is 3. The average Bonchev–Trinajstić information content (AvgIpc) is 2.86. The van der Waals surface area contributed by atoms with Gasteiger partial charge < -0.3 is 9.64 Å². The number of ether oxygens (including phenoxy) is 1. The van der Waals surface area contributed by atoms with E-state index in [1.165, 1.54) is 7.11 Å². The van der Waals surface area contributed by atoms with E-state index in [2.05, 4.69) is 25.7 Å². The lowest BCUT2D eigenvalue weighted by molar-refractivity contribution is -0.140. The molecule has 2 aromatic rings. The molecular weight excluding hydrogens is 256 g/mol. The van der Waals surface area contributed by atoms with Crippen molar-refractivity contribution in [2.45, 2.75) is 19.9 Å². The minimum atomic E-state index is -0.203. The Balaban J connectivity index is 1.95. The predicted molar refractivity (Wildman–Crippen MR) is 73.8 cm³/mol. The topological polar surface area (TPSA) is 60.2 Å². The molecule has 20 heavy (non-hydrogen) atoms. The maximum atomic E-state index is 11.3. The lowest BCUT2D eigenvalue weighted by Gasteiger charge is -2.31. The number of hydrogen-bond acceptors (Lipinski definition) is 5. The third-order valence-electron chi connectivity index (χ3n) is 3.50. The minimum Gasteiger partial charge on any atom is -0.469 e. The fourth-order valence-electron chi connectivity index (χ4n) is 2.53. The molecule has 0 saturated heterocycles. The molecule has 1 aromatic heterocycles. The van der Waals surface area contributed by atoms with Crippen LogP contribution in [0.15, 0.2) is 24.3 Å². The van der Waals surface area contributed by atoms with Crippen LogP contribution < -0.4 is 4.90 Å². The van der Waals surface area contributed by atoms with Gasteiger partial charge in [-0.2, -0.15) is 0 Å². The average molecular weight is 272 g/mol. The number of fused-ring (bicyclic) bond motifs is 3. The fraction of sp³-hybridized carbons (Fsp3) is 0.357. The van der Waals surface area contributed by atoms with E-state index in [0.29, 0.717) is 19.5 Å². The van der Waals surface area contributed by atoms with Gasteiger partial charge in [-0.3, -0.25) is 9.36 Å². The van der Waals surface area contributed by atoms with Crippen molar-refractivity contribution in [1.82, 2.24) is 14.8 Å². The molecule has 0 fully saturated rings. The van der Waals surface area contributed by atoms with Gasteiger partial charge in [-0.1, -0.05) is 12.1 Å². The van der Waals surface area contributed by atoms with Gasteiger partial charge in [0.05, 0.1) is 31.5 Å². The number of hydrogen-bond donors (Lipinski definition) is 0. The summed E-state index contributed by atoms with van der Waals surface area (Å²) in [4.78, 5) is 13.5. The van der Waals surface area contributed by atoms with Crippen LogP contribution in [-0.2, 0) is 16.1 Å². The summed E-state index contributed by atoms with van der Waals surface area (Å²) in [5.74, 6) is 1.57. The van der Waals surface area contributed by atoms with Gasteiger partial charge in [0, 0.05) is 6.54 Å². The highest BCUT2D eigenvalue weighted by atomic mass is 16.5. The van der Waals surface area contributed by atoms with E-state index in [0.717, 1.165) is 23.0 Å². The van der Waals surface area contributed by atoms with E-state index in [-0.39, 0.29) is 5.97 Å². The quantitative estimate of drug-likeness (QED) is 0.792. The lowest BCUT2D eigenvalue weighted by Crippen LogP contribution is -2.32. The summed E-state index contributed by atoms with van der Waals surface area (Å²) in [5.41, 5.74) is 2.15. The van der Waals surface area contributed by atoms with Gasteiger partial charge in [-0.15, -0.1) is 10.2 Å². The molecule has 0 unspecified atom stereocenters. The second-order valence-corrected chi connectivity index (χ2v) is 4.74. The maximum absolute atomic E-state index is 11.3. The largest absolute Gasteiger partial charge is 0.469 e. The number of benzene rings is 1. The van der Waals surface area contributed by atoms with Gasteiger partial charge >= 0.3 is 5.97 Å². The summed E-state index contributed by atoms with van der Waals surface area (Å²) in [7, 11) is 1.41. The Bertz CT molecular complexity index is 650.